The molecule has 0 saturated heterocycles. The summed E-state index contributed by atoms with van der Waals surface area (Å²) in [7, 11) is 4.10. The topological polar surface area (TPSA) is 7.12 Å². The van der Waals surface area contributed by atoms with Crippen molar-refractivity contribution in [3.8, 4) is 12.3 Å². The van der Waals surface area contributed by atoms with Crippen LogP contribution in [0.2, 0.25) is 0 Å². The quantitative estimate of drug-likeness (QED) is 0.335. The summed E-state index contributed by atoms with van der Waals surface area (Å²) < 4.78 is 3.45. The van der Waals surface area contributed by atoms with E-state index in [4.69, 9.17) is 6.42 Å². The van der Waals surface area contributed by atoms with Crippen LogP contribution in [0, 0.1) is 12.3 Å². The van der Waals surface area contributed by atoms with Crippen molar-refractivity contribution in [1.82, 2.24) is 0 Å². The molecule has 0 aliphatic heterocycles. The highest BCUT2D eigenvalue weighted by molar-refractivity contribution is 7.18. The maximum atomic E-state index is 5.57. The van der Waals surface area contributed by atoms with Gasteiger partial charge in [-0.25, -0.2) is 0 Å². The second-order valence-corrected chi connectivity index (χ2v) is 7.47. The van der Waals surface area contributed by atoms with Crippen LogP contribution in [0.3, 0.4) is 0 Å². The highest BCUT2D eigenvalue weighted by Crippen LogP contribution is 2.22. The SMILES string of the molecule is C#CC[n+]1c(/C=C(C)/C=C/c2ccc(N(C)C)cc2)sc2ccccc21.[Br-]. The first-order valence-corrected chi connectivity index (χ1v) is 9.39. The molecule has 0 aliphatic carbocycles. The zero-order chi connectivity index (χ0) is 18.5. The Morgan fingerprint density at radius 1 is 1.15 bits per heavy atom. The Morgan fingerprint density at radius 2 is 1.85 bits per heavy atom. The number of aromatic nitrogens is 1. The number of allylic oxidation sites excluding steroid dienone is 2. The summed E-state index contributed by atoms with van der Waals surface area (Å²) in [4.78, 5) is 2.10. The number of thiazole rings is 1. The molecule has 0 unspecified atom stereocenters. The average molecular weight is 439 g/mol. The third-order valence-electron chi connectivity index (χ3n) is 4.19. The maximum Gasteiger partial charge on any atom is 0.263 e. The van der Waals surface area contributed by atoms with Crippen LogP contribution in [-0.2, 0) is 6.54 Å². The summed E-state index contributed by atoms with van der Waals surface area (Å²) in [6.07, 6.45) is 12.1. The van der Waals surface area contributed by atoms with Crippen LogP contribution in [-0.4, -0.2) is 14.1 Å². The lowest BCUT2D eigenvalue weighted by Crippen LogP contribution is -3.00. The minimum atomic E-state index is 0. The van der Waals surface area contributed by atoms with Gasteiger partial charge >= 0.3 is 0 Å². The summed E-state index contributed by atoms with van der Waals surface area (Å²) in [5.74, 6) is 2.77. The average Bonchev–Trinajstić information content (AvgIpc) is 2.98. The molecule has 0 spiro atoms. The Morgan fingerprint density at radius 3 is 2.52 bits per heavy atom. The Bertz CT molecular complexity index is 1010. The number of benzene rings is 2. The van der Waals surface area contributed by atoms with E-state index in [0.717, 1.165) is 0 Å². The number of hydrogen-bond acceptors (Lipinski definition) is 2. The molecule has 0 N–H and O–H groups in total. The Balaban J connectivity index is 0.00000261. The highest BCUT2D eigenvalue weighted by Gasteiger charge is 2.17. The summed E-state index contributed by atoms with van der Waals surface area (Å²) in [6.45, 7) is 2.70. The summed E-state index contributed by atoms with van der Waals surface area (Å²) in [5.41, 5.74) is 4.78. The van der Waals surface area contributed by atoms with E-state index in [1.165, 1.54) is 32.0 Å². The van der Waals surface area contributed by atoms with Crippen molar-refractivity contribution >= 4 is 39.4 Å². The van der Waals surface area contributed by atoms with Gasteiger partial charge in [-0.15, -0.1) is 6.42 Å². The molecule has 0 radical (unpaired) electrons. The molecule has 1 heterocycles. The second-order valence-electron chi connectivity index (χ2n) is 6.41. The van der Waals surface area contributed by atoms with Crippen LogP contribution < -0.4 is 26.4 Å². The molecule has 0 atom stereocenters. The zero-order valence-corrected chi connectivity index (χ0v) is 18.2. The minimum Gasteiger partial charge on any atom is -1.00 e. The lowest BCUT2D eigenvalue weighted by molar-refractivity contribution is -0.656. The molecule has 0 fully saturated rings. The normalized spacial score (nSPS) is 11.4. The first-order chi connectivity index (χ1) is 12.6. The Labute approximate surface area is 176 Å². The molecule has 2 aromatic carbocycles. The third kappa shape index (κ3) is 5.09. The third-order valence-corrected chi connectivity index (χ3v) is 5.30. The van der Waals surface area contributed by atoms with E-state index in [0.29, 0.717) is 6.54 Å². The van der Waals surface area contributed by atoms with Crippen molar-refractivity contribution in [1.29, 1.82) is 0 Å². The maximum absolute atomic E-state index is 5.57. The number of fused-ring (bicyclic) bond motifs is 1. The fourth-order valence-corrected chi connectivity index (χ4v) is 3.94. The Hall–Kier alpha value is -2.35. The van der Waals surface area contributed by atoms with Gasteiger partial charge in [0, 0.05) is 31.9 Å². The number of anilines is 1. The number of nitrogens with zero attached hydrogens (tertiary/aromatic N) is 2. The number of hydrogen-bond donors (Lipinski definition) is 0. The minimum absolute atomic E-state index is 0. The smallest absolute Gasteiger partial charge is 0.263 e. The van der Waals surface area contributed by atoms with Gasteiger partial charge in [0.1, 0.15) is 4.70 Å². The fourth-order valence-electron chi connectivity index (χ4n) is 2.77. The molecule has 138 valence electrons. The van der Waals surface area contributed by atoms with E-state index in [1.807, 2.05) is 14.1 Å². The molecule has 0 amide bonds. The fraction of sp³-hybridized carbons (Fsp3) is 0.174. The van der Waals surface area contributed by atoms with Crippen molar-refractivity contribution < 1.29 is 21.5 Å². The van der Waals surface area contributed by atoms with Gasteiger partial charge in [0.2, 0.25) is 12.1 Å². The molecule has 0 bridgehead atoms. The van der Waals surface area contributed by atoms with Gasteiger partial charge in [-0.2, -0.15) is 4.57 Å². The van der Waals surface area contributed by atoms with Gasteiger partial charge in [-0.1, -0.05) is 47.8 Å². The van der Waals surface area contributed by atoms with Gasteiger partial charge in [0.15, 0.2) is 0 Å². The molecule has 2 nitrogen and oxygen atoms in total. The number of halogens is 1. The molecular weight excluding hydrogens is 416 g/mol. The second kappa shape index (κ2) is 9.55. The molecule has 0 aliphatic rings. The van der Waals surface area contributed by atoms with Crippen LogP contribution in [0.4, 0.5) is 5.69 Å². The van der Waals surface area contributed by atoms with Crippen LogP contribution in [0.1, 0.15) is 17.5 Å². The number of terminal acetylenes is 1. The first-order valence-electron chi connectivity index (χ1n) is 8.57. The lowest BCUT2D eigenvalue weighted by atomic mass is 10.1. The zero-order valence-electron chi connectivity index (χ0n) is 15.8. The molecular formula is C23H23BrN2S. The van der Waals surface area contributed by atoms with Crippen molar-refractivity contribution in [2.45, 2.75) is 13.5 Å². The number of rotatable bonds is 5. The van der Waals surface area contributed by atoms with Gasteiger partial charge < -0.3 is 21.9 Å². The van der Waals surface area contributed by atoms with E-state index < -0.39 is 0 Å². The summed E-state index contributed by atoms with van der Waals surface area (Å²) in [5, 5.41) is 1.18. The lowest BCUT2D eigenvalue weighted by Gasteiger charge is -2.11. The molecule has 4 heteroatoms. The van der Waals surface area contributed by atoms with Crippen LogP contribution in [0.25, 0.3) is 22.4 Å². The molecule has 3 aromatic rings. The van der Waals surface area contributed by atoms with E-state index >= 15 is 0 Å². The monoisotopic (exact) mass is 438 g/mol. The predicted octanol–water partition coefficient (Wildman–Crippen LogP) is 2.01. The van der Waals surface area contributed by atoms with E-state index in [-0.39, 0.29) is 17.0 Å². The van der Waals surface area contributed by atoms with Crippen LogP contribution in [0.15, 0.2) is 60.2 Å². The van der Waals surface area contributed by atoms with E-state index in [1.54, 1.807) is 11.3 Å². The van der Waals surface area contributed by atoms with Crippen molar-refractivity contribution in [3.63, 3.8) is 0 Å². The standard InChI is InChI=1S/C23H23N2S.BrH/c1-5-16-25-21-8-6-7-9-22(21)26-23(25)17-18(2)10-11-19-12-14-20(15-13-19)24(3)4;/h1,6-15,17H,16H2,2-4H3;1H/q+1;/p-1. The van der Waals surface area contributed by atoms with Crippen LogP contribution >= 0.6 is 11.3 Å². The van der Waals surface area contributed by atoms with Crippen molar-refractivity contribution in [2.75, 3.05) is 19.0 Å². The largest absolute Gasteiger partial charge is 1.00 e. The van der Waals surface area contributed by atoms with Gasteiger partial charge in [-0.3, -0.25) is 0 Å². The van der Waals surface area contributed by atoms with Gasteiger partial charge in [0.05, 0.1) is 0 Å². The first kappa shape index (κ1) is 21.0. The molecule has 27 heavy (non-hydrogen) atoms. The number of para-hydroxylation sites is 1. The Kier molecular flexibility index (Phi) is 7.41. The van der Waals surface area contributed by atoms with Crippen molar-refractivity contribution in [3.05, 3.63) is 70.8 Å². The van der Waals surface area contributed by atoms with Crippen LogP contribution in [0.5, 0.6) is 0 Å². The van der Waals surface area contributed by atoms with E-state index in [9.17, 15) is 0 Å². The summed E-state index contributed by atoms with van der Waals surface area (Å²) >= 11 is 1.77. The molecule has 3 rings (SSSR count). The van der Waals surface area contributed by atoms with E-state index in [2.05, 4.69) is 89.1 Å². The summed E-state index contributed by atoms with van der Waals surface area (Å²) in [6, 6.07) is 16.9. The predicted molar refractivity (Wildman–Crippen MR) is 114 cm³/mol. The van der Waals surface area contributed by atoms with Crippen molar-refractivity contribution in [2.24, 2.45) is 0 Å². The highest BCUT2D eigenvalue weighted by atomic mass is 79.9. The molecule has 1 aromatic heterocycles. The van der Waals surface area contributed by atoms with Gasteiger partial charge in [-0.05, 0) is 42.2 Å². The van der Waals surface area contributed by atoms with Gasteiger partial charge in [0.25, 0.3) is 5.01 Å². The molecule has 0 saturated carbocycles.